The van der Waals surface area contributed by atoms with Gasteiger partial charge in [-0.05, 0) is 31.2 Å². The lowest BCUT2D eigenvalue weighted by Gasteiger charge is -2.15. The topological polar surface area (TPSA) is 67.3 Å². The number of thiazole rings is 1. The van der Waals surface area contributed by atoms with Crippen molar-refractivity contribution in [2.24, 2.45) is 0 Å². The van der Waals surface area contributed by atoms with Crippen molar-refractivity contribution in [2.75, 3.05) is 0 Å². The second-order valence-corrected chi connectivity index (χ2v) is 9.36. The first-order valence-electron chi connectivity index (χ1n) is 10.2. The van der Waals surface area contributed by atoms with Gasteiger partial charge in [-0.25, -0.2) is 4.98 Å². The fraction of sp³-hybridized carbons (Fsp3) is 0.0769. The van der Waals surface area contributed by atoms with Crippen LogP contribution in [0.1, 0.15) is 46.5 Å². The first kappa shape index (κ1) is 21.2. The van der Waals surface area contributed by atoms with Crippen molar-refractivity contribution >= 4 is 40.5 Å². The van der Waals surface area contributed by atoms with Gasteiger partial charge < -0.3 is 0 Å². The Hall–Kier alpha value is -3.61. The van der Waals surface area contributed by atoms with Gasteiger partial charge in [-0.1, -0.05) is 60.1 Å². The number of hydrogen-bond donors (Lipinski definition) is 0. The Morgan fingerprint density at radius 1 is 0.909 bits per heavy atom. The fourth-order valence-electron chi connectivity index (χ4n) is 3.97. The molecule has 0 spiro atoms. The van der Waals surface area contributed by atoms with E-state index in [4.69, 9.17) is 11.6 Å². The van der Waals surface area contributed by atoms with E-state index in [1.54, 1.807) is 66.7 Å². The molecule has 5 rings (SSSR count). The van der Waals surface area contributed by atoms with Gasteiger partial charge in [0, 0.05) is 21.7 Å². The van der Waals surface area contributed by atoms with Crippen LogP contribution in [0.2, 0.25) is 5.02 Å². The molecule has 0 radical (unpaired) electrons. The molecule has 2 amide bonds. The maximum Gasteiger partial charge on any atom is 0.261 e. The van der Waals surface area contributed by atoms with Crippen LogP contribution in [-0.4, -0.2) is 27.5 Å². The number of fused-ring (bicyclic) bond motifs is 1. The number of aryl methyl sites for hydroxylation is 1. The SMILES string of the molecule is Cc1nc(-c2ccc(Cl)cc2C(=O)c2ccccc2)c(CN2C(=O)c3ccccc3C2=O)s1. The summed E-state index contributed by atoms with van der Waals surface area (Å²) in [5, 5.41) is 1.21. The lowest BCUT2D eigenvalue weighted by atomic mass is 9.96. The number of ketones is 1. The summed E-state index contributed by atoms with van der Waals surface area (Å²) in [4.78, 5) is 45.7. The molecule has 2 heterocycles. The summed E-state index contributed by atoms with van der Waals surface area (Å²) in [5.74, 6) is -0.834. The molecule has 1 aliphatic rings. The Bertz CT molecular complexity index is 1390. The maximum atomic E-state index is 13.3. The molecule has 0 bridgehead atoms. The van der Waals surface area contributed by atoms with Gasteiger partial charge in [0.25, 0.3) is 11.8 Å². The number of amides is 2. The molecule has 4 aromatic rings. The molecule has 0 aliphatic carbocycles. The summed E-state index contributed by atoms with van der Waals surface area (Å²) < 4.78 is 0. The molecule has 5 nitrogen and oxygen atoms in total. The van der Waals surface area contributed by atoms with E-state index < -0.39 is 0 Å². The van der Waals surface area contributed by atoms with Gasteiger partial charge in [-0.15, -0.1) is 11.3 Å². The van der Waals surface area contributed by atoms with E-state index in [0.29, 0.717) is 38.5 Å². The number of nitrogens with zero attached hydrogens (tertiary/aromatic N) is 2. The zero-order chi connectivity index (χ0) is 23.1. The Morgan fingerprint density at radius 3 is 2.21 bits per heavy atom. The number of benzene rings is 3. The molecule has 0 atom stereocenters. The molecule has 0 saturated carbocycles. The molecule has 162 valence electrons. The van der Waals surface area contributed by atoms with Crippen LogP contribution < -0.4 is 0 Å². The minimum Gasteiger partial charge on any atom is -0.289 e. The third-order valence-electron chi connectivity index (χ3n) is 5.50. The van der Waals surface area contributed by atoms with Crippen molar-refractivity contribution in [1.82, 2.24) is 9.88 Å². The molecule has 7 heteroatoms. The molecule has 1 aromatic heterocycles. The highest BCUT2D eigenvalue weighted by Crippen LogP contribution is 2.35. The number of imide groups is 1. The average molecular weight is 473 g/mol. The van der Waals surface area contributed by atoms with E-state index >= 15 is 0 Å². The smallest absolute Gasteiger partial charge is 0.261 e. The minimum atomic E-state index is -0.329. The van der Waals surface area contributed by atoms with Gasteiger partial charge in [-0.3, -0.25) is 19.3 Å². The Morgan fingerprint density at radius 2 is 1.55 bits per heavy atom. The van der Waals surface area contributed by atoms with Crippen LogP contribution in [0, 0.1) is 6.92 Å². The minimum absolute atomic E-state index is 0.0782. The van der Waals surface area contributed by atoms with Crippen molar-refractivity contribution < 1.29 is 14.4 Å². The van der Waals surface area contributed by atoms with Crippen LogP contribution in [0.15, 0.2) is 72.8 Å². The maximum absolute atomic E-state index is 13.3. The van der Waals surface area contributed by atoms with Gasteiger partial charge in [0.05, 0.1) is 33.3 Å². The third kappa shape index (κ3) is 3.77. The van der Waals surface area contributed by atoms with Crippen molar-refractivity contribution in [3.63, 3.8) is 0 Å². The monoisotopic (exact) mass is 472 g/mol. The van der Waals surface area contributed by atoms with Crippen molar-refractivity contribution in [3.8, 4) is 11.3 Å². The highest BCUT2D eigenvalue weighted by molar-refractivity contribution is 7.12. The quantitative estimate of drug-likeness (QED) is 0.272. The molecule has 0 saturated heterocycles. The van der Waals surface area contributed by atoms with Crippen molar-refractivity contribution in [1.29, 1.82) is 0 Å². The lowest BCUT2D eigenvalue weighted by Crippen LogP contribution is -2.29. The Balaban J connectivity index is 1.57. The highest BCUT2D eigenvalue weighted by Gasteiger charge is 2.36. The van der Waals surface area contributed by atoms with E-state index in [-0.39, 0.29) is 24.1 Å². The summed E-state index contributed by atoms with van der Waals surface area (Å²) in [5.41, 5.74) is 2.94. The van der Waals surface area contributed by atoms with Gasteiger partial charge >= 0.3 is 0 Å². The number of aromatic nitrogens is 1. The van der Waals surface area contributed by atoms with E-state index in [1.807, 2.05) is 13.0 Å². The van der Waals surface area contributed by atoms with Crippen LogP contribution in [0.5, 0.6) is 0 Å². The molecule has 1 aliphatic heterocycles. The summed E-state index contributed by atoms with van der Waals surface area (Å²) in [6.45, 7) is 1.93. The Labute approximate surface area is 199 Å². The number of rotatable bonds is 5. The number of halogens is 1. The van der Waals surface area contributed by atoms with E-state index in [1.165, 1.54) is 16.2 Å². The first-order valence-corrected chi connectivity index (χ1v) is 11.4. The molecule has 0 fully saturated rings. The van der Waals surface area contributed by atoms with Gasteiger partial charge in [0.2, 0.25) is 0 Å². The fourth-order valence-corrected chi connectivity index (χ4v) is 5.08. The summed E-state index contributed by atoms with van der Waals surface area (Å²) in [6, 6.07) is 20.9. The Kier molecular flexibility index (Phi) is 5.40. The summed E-state index contributed by atoms with van der Waals surface area (Å²) in [7, 11) is 0. The largest absolute Gasteiger partial charge is 0.289 e. The van der Waals surface area contributed by atoms with Crippen LogP contribution in [-0.2, 0) is 6.54 Å². The van der Waals surface area contributed by atoms with Crippen molar-refractivity contribution in [2.45, 2.75) is 13.5 Å². The van der Waals surface area contributed by atoms with Crippen LogP contribution in [0.25, 0.3) is 11.3 Å². The van der Waals surface area contributed by atoms with Crippen molar-refractivity contribution in [3.05, 3.63) is 110 Å². The molecule has 0 N–H and O–H groups in total. The van der Waals surface area contributed by atoms with Gasteiger partial charge in [-0.2, -0.15) is 0 Å². The van der Waals surface area contributed by atoms with E-state index in [9.17, 15) is 14.4 Å². The summed E-state index contributed by atoms with van der Waals surface area (Å²) in [6.07, 6.45) is 0. The van der Waals surface area contributed by atoms with Gasteiger partial charge in [0.1, 0.15) is 0 Å². The second kappa shape index (κ2) is 8.39. The zero-order valence-corrected chi connectivity index (χ0v) is 19.1. The van der Waals surface area contributed by atoms with E-state index in [2.05, 4.69) is 4.98 Å². The first-order chi connectivity index (χ1) is 15.9. The predicted octanol–water partition coefficient (Wildman–Crippen LogP) is 5.80. The lowest BCUT2D eigenvalue weighted by molar-refractivity contribution is 0.0643. The molecule has 33 heavy (non-hydrogen) atoms. The predicted molar refractivity (Wildman–Crippen MR) is 128 cm³/mol. The van der Waals surface area contributed by atoms with E-state index in [0.717, 1.165) is 9.88 Å². The van der Waals surface area contributed by atoms with Crippen LogP contribution in [0.3, 0.4) is 0 Å². The highest BCUT2D eigenvalue weighted by atomic mass is 35.5. The van der Waals surface area contributed by atoms with Crippen LogP contribution >= 0.6 is 22.9 Å². The number of hydrogen-bond acceptors (Lipinski definition) is 5. The molecular formula is C26H17ClN2O3S. The number of carbonyl (C=O) groups excluding carboxylic acids is 3. The number of carbonyl (C=O) groups is 3. The molecule has 3 aromatic carbocycles. The zero-order valence-electron chi connectivity index (χ0n) is 17.5. The third-order valence-corrected chi connectivity index (χ3v) is 6.69. The average Bonchev–Trinajstić information content (AvgIpc) is 3.31. The summed E-state index contributed by atoms with van der Waals surface area (Å²) >= 11 is 7.64. The second-order valence-electron chi connectivity index (χ2n) is 7.63. The standard InChI is InChI=1S/C26H17ClN2O3S/c1-15-28-23(18-12-11-17(27)13-21(18)24(30)16-7-3-2-4-8-16)22(33-15)14-29-25(31)19-9-5-6-10-20(19)26(29)32/h2-13H,14H2,1H3. The van der Waals surface area contributed by atoms with Gasteiger partial charge in [0.15, 0.2) is 5.78 Å². The normalized spacial score (nSPS) is 12.8. The van der Waals surface area contributed by atoms with Crippen LogP contribution in [0.4, 0.5) is 0 Å². The molecule has 0 unspecified atom stereocenters. The molecular weight excluding hydrogens is 456 g/mol.